The molecule has 0 bridgehead atoms. The summed E-state index contributed by atoms with van der Waals surface area (Å²) < 4.78 is 39.2. The predicted molar refractivity (Wildman–Crippen MR) is 183 cm³/mol. The molecule has 1 aliphatic rings. The molecule has 46 heavy (non-hydrogen) atoms. The van der Waals surface area contributed by atoms with Gasteiger partial charge in [0.2, 0.25) is 0 Å². The lowest BCUT2D eigenvalue weighted by molar-refractivity contribution is -0.204. The van der Waals surface area contributed by atoms with Gasteiger partial charge in [-0.1, -0.05) is 97.1 Å². The molecule has 0 aromatic heterocycles. The third-order valence-electron chi connectivity index (χ3n) is 8.40. The molecule has 0 aliphatic carbocycles. The van der Waals surface area contributed by atoms with Gasteiger partial charge in [0.25, 0.3) is 0 Å². The fraction of sp³-hybridized carbons (Fsp3) is 0.282. The molecule has 0 unspecified atom stereocenters. The van der Waals surface area contributed by atoms with Crippen molar-refractivity contribution in [2.45, 2.75) is 57.6 Å². The van der Waals surface area contributed by atoms with E-state index in [1.165, 1.54) is 0 Å². The second-order valence-corrected chi connectivity index (χ2v) is 12.3. The molecule has 0 spiro atoms. The topological polar surface area (TPSA) is 55.4 Å². The van der Waals surface area contributed by atoms with E-state index in [9.17, 15) is 0 Å². The SMILES string of the molecule is COc1c(Br)cc(OC)c2c(OCc3ccccc3)c([C@H]3C[C@@H](OCc4ccccc4)[C@H](OCc4ccccc4)[C@@H](C)O3)ccc12. The van der Waals surface area contributed by atoms with E-state index in [2.05, 4.69) is 71.4 Å². The largest absolute Gasteiger partial charge is 0.496 e. The number of benzene rings is 5. The molecule has 5 aromatic rings. The third-order valence-corrected chi connectivity index (χ3v) is 8.99. The first-order valence-electron chi connectivity index (χ1n) is 15.6. The molecule has 7 heteroatoms. The summed E-state index contributed by atoms with van der Waals surface area (Å²) in [6, 6.07) is 36.6. The molecule has 0 radical (unpaired) electrons. The Kier molecular flexibility index (Phi) is 10.6. The highest BCUT2D eigenvalue weighted by molar-refractivity contribution is 9.10. The summed E-state index contributed by atoms with van der Waals surface area (Å²) in [4.78, 5) is 0. The Morgan fingerprint density at radius 2 is 1.28 bits per heavy atom. The zero-order valence-electron chi connectivity index (χ0n) is 26.4. The van der Waals surface area contributed by atoms with Gasteiger partial charge < -0.3 is 28.4 Å². The first-order valence-corrected chi connectivity index (χ1v) is 16.3. The van der Waals surface area contributed by atoms with E-state index in [0.29, 0.717) is 43.5 Å². The quantitative estimate of drug-likeness (QED) is 0.131. The van der Waals surface area contributed by atoms with Crippen LogP contribution in [0.1, 0.15) is 41.7 Å². The van der Waals surface area contributed by atoms with Gasteiger partial charge in [0.05, 0.1) is 55.6 Å². The van der Waals surface area contributed by atoms with Crippen molar-refractivity contribution in [3.05, 3.63) is 136 Å². The van der Waals surface area contributed by atoms with E-state index in [-0.39, 0.29) is 24.4 Å². The van der Waals surface area contributed by atoms with Crippen LogP contribution in [0.15, 0.2) is 114 Å². The van der Waals surface area contributed by atoms with Crippen LogP contribution in [0.3, 0.4) is 0 Å². The summed E-state index contributed by atoms with van der Waals surface area (Å²) >= 11 is 3.65. The zero-order valence-corrected chi connectivity index (χ0v) is 27.9. The average Bonchev–Trinajstić information content (AvgIpc) is 3.10. The molecule has 6 rings (SSSR count). The predicted octanol–water partition coefficient (Wildman–Crippen LogP) is 9.22. The van der Waals surface area contributed by atoms with E-state index in [1.54, 1.807) is 14.2 Å². The second kappa shape index (κ2) is 15.1. The van der Waals surface area contributed by atoms with Crippen LogP contribution < -0.4 is 14.2 Å². The Labute approximate surface area is 279 Å². The minimum atomic E-state index is -0.318. The van der Waals surface area contributed by atoms with Gasteiger partial charge in [-0.05, 0) is 51.7 Å². The van der Waals surface area contributed by atoms with E-state index in [1.807, 2.05) is 60.7 Å². The molecular formula is C39H39BrO6. The maximum atomic E-state index is 6.78. The van der Waals surface area contributed by atoms with Gasteiger partial charge in [0.1, 0.15) is 30.0 Å². The zero-order chi connectivity index (χ0) is 31.9. The van der Waals surface area contributed by atoms with E-state index < -0.39 is 0 Å². The summed E-state index contributed by atoms with van der Waals surface area (Å²) in [5.74, 6) is 2.09. The van der Waals surface area contributed by atoms with Crippen molar-refractivity contribution < 1.29 is 28.4 Å². The third kappa shape index (κ3) is 7.24. The lowest BCUT2D eigenvalue weighted by Crippen LogP contribution is -2.47. The normalized spacial score (nSPS) is 19.6. The highest BCUT2D eigenvalue weighted by atomic mass is 79.9. The summed E-state index contributed by atoms with van der Waals surface area (Å²) in [5.41, 5.74) is 4.20. The molecular weight excluding hydrogens is 644 g/mol. The highest BCUT2D eigenvalue weighted by Gasteiger charge is 2.40. The fourth-order valence-electron chi connectivity index (χ4n) is 6.11. The maximum Gasteiger partial charge on any atom is 0.141 e. The molecule has 4 atom stereocenters. The summed E-state index contributed by atoms with van der Waals surface area (Å²) in [6.07, 6.45) is -0.472. The first-order chi connectivity index (χ1) is 22.6. The molecule has 0 saturated carbocycles. The lowest BCUT2D eigenvalue weighted by atomic mass is 9.91. The van der Waals surface area contributed by atoms with Crippen LogP contribution in [0.25, 0.3) is 10.8 Å². The lowest BCUT2D eigenvalue weighted by Gasteiger charge is -2.41. The van der Waals surface area contributed by atoms with Gasteiger partial charge in [-0.15, -0.1) is 0 Å². The van der Waals surface area contributed by atoms with Gasteiger partial charge >= 0.3 is 0 Å². The fourth-order valence-corrected chi connectivity index (χ4v) is 6.69. The van der Waals surface area contributed by atoms with Crippen molar-refractivity contribution in [1.29, 1.82) is 0 Å². The van der Waals surface area contributed by atoms with Gasteiger partial charge in [-0.25, -0.2) is 0 Å². The number of rotatable bonds is 12. The summed E-state index contributed by atoms with van der Waals surface area (Å²) in [6.45, 7) is 3.40. The molecule has 5 aromatic carbocycles. The second-order valence-electron chi connectivity index (χ2n) is 11.4. The maximum absolute atomic E-state index is 6.78. The van der Waals surface area contributed by atoms with Gasteiger partial charge in [-0.2, -0.15) is 0 Å². The average molecular weight is 684 g/mol. The van der Waals surface area contributed by atoms with Crippen LogP contribution >= 0.6 is 15.9 Å². The number of methoxy groups -OCH3 is 2. The molecule has 6 nitrogen and oxygen atoms in total. The molecule has 0 N–H and O–H groups in total. The van der Waals surface area contributed by atoms with Crippen molar-refractivity contribution in [2.24, 2.45) is 0 Å². The Hall–Kier alpha value is -3.88. The highest BCUT2D eigenvalue weighted by Crippen LogP contribution is 2.49. The van der Waals surface area contributed by atoms with Crippen LogP contribution in [-0.4, -0.2) is 32.5 Å². The number of hydrogen-bond donors (Lipinski definition) is 0. The molecule has 1 saturated heterocycles. The molecule has 1 heterocycles. The van der Waals surface area contributed by atoms with E-state index in [4.69, 9.17) is 28.4 Å². The van der Waals surface area contributed by atoms with Crippen molar-refractivity contribution >= 4 is 26.7 Å². The first kappa shape index (κ1) is 32.1. The smallest absolute Gasteiger partial charge is 0.141 e. The number of hydrogen-bond acceptors (Lipinski definition) is 6. The van der Waals surface area contributed by atoms with Crippen LogP contribution in [0.5, 0.6) is 17.2 Å². The number of halogens is 1. The Morgan fingerprint density at radius 1 is 0.696 bits per heavy atom. The van der Waals surface area contributed by atoms with Crippen LogP contribution in [0, 0.1) is 0 Å². The Balaban J connectivity index is 1.37. The molecule has 0 amide bonds. The van der Waals surface area contributed by atoms with Crippen LogP contribution in [-0.2, 0) is 34.0 Å². The van der Waals surface area contributed by atoms with Crippen molar-refractivity contribution in [3.8, 4) is 17.2 Å². The van der Waals surface area contributed by atoms with Crippen molar-refractivity contribution in [2.75, 3.05) is 14.2 Å². The van der Waals surface area contributed by atoms with E-state index in [0.717, 1.165) is 37.5 Å². The summed E-state index contributed by atoms with van der Waals surface area (Å²) in [7, 11) is 3.34. The van der Waals surface area contributed by atoms with E-state index >= 15 is 0 Å². The van der Waals surface area contributed by atoms with Crippen LogP contribution in [0.2, 0.25) is 0 Å². The monoisotopic (exact) mass is 682 g/mol. The van der Waals surface area contributed by atoms with Crippen molar-refractivity contribution in [3.63, 3.8) is 0 Å². The Morgan fingerprint density at radius 3 is 1.87 bits per heavy atom. The minimum Gasteiger partial charge on any atom is -0.496 e. The van der Waals surface area contributed by atoms with Crippen molar-refractivity contribution in [1.82, 2.24) is 0 Å². The van der Waals surface area contributed by atoms with Gasteiger partial charge in [0, 0.05) is 17.4 Å². The Bertz CT molecular complexity index is 1710. The minimum absolute atomic E-state index is 0.225. The standard InChI is InChI=1S/C39H39BrO6/c1-26-37(44-24-28-15-9-5-10-16-28)35(43-23-27-13-7-4-8-14-27)22-33(46-26)30-19-20-31-36(34(41-2)21-32(40)38(31)42-3)39(30)45-25-29-17-11-6-12-18-29/h4-21,26,33,35,37H,22-25H2,1-3H3/t26-,33-,35-,37-/m1/s1. The summed E-state index contributed by atoms with van der Waals surface area (Å²) in [5, 5.41) is 1.71. The molecule has 238 valence electrons. The van der Waals surface area contributed by atoms with Gasteiger partial charge in [-0.3, -0.25) is 0 Å². The molecule has 1 fully saturated rings. The van der Waals surface area contributed by atoms with Gasteiger partial charge in [0.15, 0.2) is 0 Å². The van der Waals surface area contributed by atoms with Crippen LogP contribution in [0.4, 0.5) is 0 Å². The number of fused-ring (bicyclic) bond motifs is 1. The number of ether oxygens (including phenoxy) is 6. The molecule has 1 aliphatic heterocycles.